The lowest BCUT2D eigenvalue weighted by Gasteiger charge is -2.27. The van der Waals surface area contributed by atoms with Crippen molar-refractivity contribution < 1.29 is 13.3 Å². The van der Waals surface area contributed by atoms with Crippen molar-refractivity contribution in [2.24, 2.45) is 5.92 Å². The number of nitrogens with two attached hydrogens (primary N) is 1. The van der Waals surface area contributed by atoms with Crippen LogP contribution in [0, 0.1) is 16.0 Å². The van der Waals surface area contributed by atoms with E-state index in [1.165, 1.54) is 6.42 Å². The van der Waals surface area contributed by atoms with Crippen molar-refractivity contribution in [2.75, 3.05) is 5.73 Å². The van der Waals surface area contributed by atoms with Gasteiger partial charge in [0.25, 0.3) is 10.0 Å². The molecule has 0 aromatic carbocycles. The zero-order valence-corrected chi connectivity index (χ0v) is 13.4. The Labute approximate surface area is 127 Å². The molecule has 1 aliphatic rings. The van der Waals surface area contributed by atoms with Crippen molar-refractivity contribution in [1.82, 2.24) is 4.72 Å². The van der Waals surface area contributed by atoms with E-state index in [2.05, 4.69) is 4.72 Å². The zero-order chi connectivity index (χ0) is 15.6. The lowest BCUT2D eigenvalue weighted by Crippen LogP contribution is -2.38. The molecule has 7 nitrogen and oxygen atoms in total. The zero-order valence-electron chi connectivity index (χ0n) is 11.7. The van der Waals surface area contributed by atoms with Crippen molar-refractivity contribution in [3.63, 3.8) is 0 Å². The Bertz CT molecular complexity index is 620. The second-order valence-electron chi connectivity index (χ2n) is 5.38. The average molecular weight is 333 g/mol. The topological polar surface area (TPSA) is 115 Å². The van der Waals surface area contributed by atoms with Crippen LogP contribution in [0.1, 0.15) is 39.0 Å². The maximum Gasteiger partial charge on any atom is 0.304 e. The van der Waals surface area contributed by atoms with Crippen molar-refractivity contribution in [3.8, 4) is 0 Å². The Kier molecular flexibility index (Phi) is 4.84. The summed E-state index contributed by atoms with van der Waals surface area (Å²) in [5.74, 6) is 0.320. The van der Waals surface area contributed by atoms with E-state index in [0.717, 1.165) is 43.1 Å². The molecule has 1 aromatic heterocycles. The van der Waals surface area contributed by atoms with E-state index in [1.54, 1.807) is 0 Å². The number of hydrogen-bond donors (Lipinski definition) is 2. The van der Waals surface area contributed by atoms with Crippen molar-refractivity contribution in [1.29, 1.82) is 0 Å². The van der Waals surface area contributed by atoms with Gasteiger partial charge < -0.3 is 5.73 Å². The lowest BCUT2D eigenvalue weighted by molar-refractivity contribution is -0.383. The predicted octanol–water partition coefficient (Wildman–Crippen LogP) is 2.49. The standard InChI is InChI=1S/C12H19N3O4S2/c1-8(9-5-3-2-4-6-9)14-21(18,19)11-7-10(15(16)17)12(13)20-11/h7-9,14H,2-6,13H2,1H3. The molecule has 0 amide bonds. The molecule has 3 N–H and O–H groups in total. The van der Waals surface area contributed by atoms with Gasteiger partial charge >= 0.3 is 5.69 Å². The maximum atomic E-state index is 12.3. The third-order valence-corrected chi connectivity index (χ3v) is 6.86. The number of nitrogens with one attached hydrogen (secondary N) is 1. The first-order chi connectivity index (χ1) is 9.81. The minimum Gasteiger partial charge on any atom is -0.385 e. The van der Waals surface area contributed by atoms with Gasteiger partial charge in [-0.3, -0.25) is 10.1 Å². The molecule has 21 heavy (non-hydrogen) atoms. The lowest BCUT2D eigenvalue weighted by atomic mass is 9.85. The van der Waals surface area contributed by atoms with Crippen LogP contribution in [0.2, 0.25) is 0 Å². The number of anilines is 1. The van der Waals surface area contributed by atoms with E-state index in [9.17, 15) is 18.5 Å². The summed E-state index contributed by atoms with van der Waals surface area (Å²) in [5, 5.41) is 10.7. The van der Waals surface area contributed by atoms with E-state index in [1.807, 2.05) is 6.92 Å². The molecule has 0 radical (unpaired) electrons. The minimum atomic E-state index is -3.76. The molecule has 1 aromatic rings. The predicted molar refractivity (Wildman–Crippen MR) is 81.7 cm³/mol. The largest absolute Gasteiger partial charge is 0.385 e. The highest BCUT2D eigenvalue weighted by molar-refractivity contribution is 7.91. The molecule has 0 aliphatic heterocycles. The smallest absolute Gasteiger partial charge is 0.304 e. The fraction of sp³-hybridized carbons (Fsp3) is 0.667. The summed E-state index contributed by atoms with van der Waals surface area (Å²) in [6, 6.07) is 0.841. The van der Waals surface area contributed by atoms with E-state index >= 15 is 0 Å². The second kappa shape index (κ2) is 6.29. The number of nitrogen functional groups attached to an aromatic ring is 1. The quantitative estimate of drug-likeness (QED) is 0.634. The molecular formula is C12H19N3O4S2. The summed E-state index contributed by atoms with van der Waals surface area (Å²) in [6.45, 7) is 1.85. The summed E-state index contributed by atoms with van der Waals surface area (Å²) in [7, 11) is -3.76. The van der Waals surface area contributed by atoms with Gasteiger partial charge in [0.15, 0.2) is 5.00 Å². The molecular weight excluding hydrogens is 314 g/mol. The molecule has 1 fully saturated rings. The van der Waals surface area contributed by atoms with Crippen LogP contribution in [0.5, 0.6) is 0 Å². The number of hydrogen-bond acceptors (Lipinski definition) is 6. The molecule has 1 unspecified atom stereocenters. The Morgan fingerprint density at radius 3 is 2.57 bits per heavy atom. The van der Waals surface area contributed by atoms with Gasteiger partial charge in [-0.05, 0) is 25.7 Å². The Hall–Kier alpha value is -1.19. The van der Waals surface area contributed by atoms with Gasteiger partial charge in [0, 0.05) is 12.1 Å². The number of nitro groups is 1. The summed E-state index contributed by atoms with van der Waals surface area (Å²) >= 11 is 0.724. The fourth-order valence-electron chi connectivity index (χ4n) is 2.68. The summed E-state index contributed by atoms with van der Waals surface area (Å²) in [5.41, 5.74) is 5.14. The first-order valence-corrected chi connectivity index (χ1v) is 9.17. The third-order valence-electron chi connectivity index (χ3n) is 3.88. The SMILES string of the molecule is CC(NS(=O)(=O)c1cc([N+](=O)[O-])c(N)s1)C1CCCCC1. The molecule has 0 saturated heterocycles. The van der Waals surface area contributed by atoms with Gasteiger partial charge in [-0.25, -0.2) is 13.1 Å². The fourth-order valence-corrected chi connectivity index (χ4v) is 5.22. The summed E-state index contributed by atoms with van der Waals surface area (Å²) in [6.07, 6.45) is 5.46. The molecule has 9 heteroatoms. The first kappa shape index (κ1) is 16.2. The molecule has 0 spiro atoms. The van der Waals surface area contributed by atoms with Crippen LogP contribution in [0.4, 0.5) is 10.7 Å². The molecule has 2 rings (SSSR count). The van der Waals surface area contributed by atoms with Crippen LogP contribution < -0.4 is 10.5 Å². The van der Waals surface area contributed by atoms with Crippen LogP contribution >= 0.6 is 11.3 Å². The van der Waals surface area contributed by atoms with Crippen molar-refractivity contribution in [2.45, 2.75) is 49.3 Å². The molecule has 1 atom stereocenters. The highest BCUT2D eigenvalue weighted by atomic mass is 32.2. The van der Waals surface area contributed by atoms with Gasteiger partial charge in [0.05, 0.1) is 4.92 Å². The highest BCUT2D eigenvalue weighted by Gasteiger charge is 2.29. The molecule has 1 heterocycles. The highest BCUT2D eigenvalue weighted by Crippen LogP contribution is 2.35. The second-order valence-corrected chi connectivity index (χ2v) is 8.40. The maximum absolute atomic E-state index is 12.3. The van der Waals surface area contributed by atoms with Gasteiger partial charge in [-0.1, -0.05) is 30.6 Å². The van der Waals surface area contributed by atoms with Crippen LogP contribution in [0.3, 0.4) is 0 Å². The first-order valence-electron chi connectivity index (χ1n) is 6.87. The van der Waals surface area contributed by atoms with Crippen molar-refractivity contribution >= 4 is 32.0 Å². The number of sulfonamides is 1. The molecule has 118 valence electrons. The Morgan fingerprint density at radius 2 is 2.05 bits per heavy atom. The minimum absolute atomic E-state index is 0.0919. The number of rotatable bonds is 5. The van der Waals surface area contributed by atoms with Crippen LogP contribution in [0.15, 0.2) is 10.3 Å². The van der Waals surface area contributed by atoms with Gasteiger partial charge in [-0.2, -0.15) is 0 Å². The monoisotopic (exact) mass is 333 g/mol. The van der Waals surface area contributed by atoms with Crippen LogP contribution in [-0.2, 0) is 10.0 Å². The van der Waals surface area contributed by atoms with E-state index in [-0.39, 0.29) is 20.9 Å². The summed E-state index contributed by atoms with van der Waals surface area (Å²) in [4.78, 5) is 10.1. The van der Waals surface area contributed by atoms with Gasteiger partial charge in [-0.15, -0.1) is 0 Å². The number of nitrogens with zero attached hydrogens (tertiary/aromatic N) is 1. The van der Waals surface area contributed by atoms with Gasteiger partial charge in [0.2, 0.25) is 0 Å². The van der Waals surface area contributed by atoms with Crippen LogP contribution in [0.25, 0.3) is 0 Å². The van der Waals surface area contributed by atoms with Crippen molar-refractivity contribution in [3.05, 3.63) is 16.2 Å². The number of thiophene rings is 1. The van der Waals surface area contributed by atoms with E-state index < -0.39 is 14.9 Å². The molecule has 0 bridgehead atoms. The Morgan fingerprint density at radius 1 is 1.43 bits per heavy atom. The Balaban J connectivity index is 2.14. The van der Waals surface area contributed by atoms with Crippen LogP contribution in [-0.4, -0.2) is 19.4 Å². The van der Waals surface area contributed by atoms with E-state index in [0.29, 0.717) is 5.92 Å². The normalized spacial score (nSPS) is 18.5. The average Bonchev–Trinajstić information content (AvgIpc) is 2.82. The van der Waals surface area contributed by atoms with E-state index in [4.69, 9.17) is 5.73 Å². The molecule has 1 aliphatic carbocycles. The summed E-state index contributed by atoms with van der Waals surface area (Å²) < 4.78 is 27.1. The molecule has 1 saturated carbocycles. The third kappa shape index (κ3) is 3.72. The van der Waals surface area contributed by atoms with Gasteiger partial charge in [0.1, 0.15) is 4.21 Å².